The van der Waals surface area contributed by atoms with Gasteiger partial charge in [0.15, 0.2) is 0 Å². The minimum Gasteiger partial charge on any atom is -0.383 e. The van der Waals surface area contributed by atoms with Gasteiger partial charge in [0.2, 0.25) is 0 Å². The van der Waals surface area contributed by atoms with E-state index >= 15 is 0 Å². The molecule has 0 radical (unpaired) electrons. The van der Waals surface area contributed by atoms with Crippen LogP contribution in [0.1, 0.15) is 5.69 Å². The van der Waals surface area contributed by atoms with Crippen LogP contribution in [0.2, 0.25) is 0 Å². The molecule has 2 aromatic rings. The Labute approximate surface area is 99.9 Å². The Bertz CT molecular complexity index is 565. The lowest BCUT2D eigenvalue weighted by atomic mass is 10.1. The zero-order chi connectivity index (χ0) is 12.3. The summed E-state index contributed by atoms with van der Waals surface area (Å²) in [5.41, 5.74) is 2.68. The van der Waals surface area contributed by atoms with Crippen LogP contribution in [0.3, 0.4) is 0 Å². The first-order valence-electron chi connectivity index (χ1n) is 5.31. The van der Waals surface area contributed by atoms with Gasteiger partial charge >= 0.3 is 0 Å². The predicted octanol–water partition coefficient (Wildman–Crippen LogP) is 1.56. The van der Waals surface area contributed by atoms with Crippen LogP contribution < -0.4 is 0 Å². The molecule has 0 aliphatic heterocycles. The number of hydrogen-bond acceptors (Lipinski definition) is 4. The zero-order valence-corrected chi connectivity index (χ0v) is 10.2. The molecule has 0 bridgehead atoms. The van der Waals surface area contributed by atoms with E-state index in [4.69, 9.17) is 0 Å². The molecule has 0 saturated heterocycles. The van der Waals surface area contributed by atoms with E-state index in [9.17, 15) is 0 Å². The second kappa shape index (κ2) is 4.78. The van der Waals surface area contributed by atoms with Crippen molar-refractivity contribution < 1.29 is 0 Å². The lowest BCUT2D eigenvalue weighted by Crippen LogP contribution is -2.04. The lowest BCUT2D eigenvalue weighted by molar-refractivity contribution is 0.566. The average molecular weight is 229 g/mol. The maximum atomic E-state index is 4.33. The number of nitrogens with one attached hydrogen (secondary N) is 1. The van der Waals surface area contributed by atoms with Crippen molar-refractivity contribution in [2.24, 2.45) is 4.99 Å². The van der Waals surface area contributed by atoms with Crippen molar-refractivity contribution in [2.45, 2.75) is 0 Å². The quantitative estimate of drug-likeness (QED) is 0.813. The van der Waals surface area contributed by atoms with Crippen molar-refractivity contribution in [3.8, 4) is 0 Å². The van der Waals surface area contributed by atoms with E-state index in [1.807, 2.05) is 37.5 Å². The molecular formula is C12H15N5. The van der Waals surface area contributed by atoms with E-state index < -0.39 is 0 Å². The van der Waals surface area contributed by atoms with Crippen LogP contribution in [-0.2, 0) is 0 Å². The Hall–Kier alpha value is -2.17. The zero-order valence-electron chi connectivity index (χ0n) is 10.2. The molecule has 0 fully saturated rings. The molecule has 0 aliphatic rings. The van der Waals surface area contributed by atoms with Crippen molar-refractivity contribution >= 4 is 22.8 Å². The molecule has 17 heavy (non-hydrogen) atoms. The third-order valence-electron chi connectivity index (χ3n) is 2.29. The number of nitrogens with zero attached hydrogens (tertiary/aromatic N) is 4. The number of rotatable bonds is 3. The predicted molar refractivity (Wildman–Crippen MR) is 70.0 cm³/mol. The van der Waals surface area contributed by atoms with Crippen molar-refractivity contribution in [3.63, 3.8) is 0 Å². The van der Waals surface area contributed by atoms with Gasteiger partial charge in [0.25, 0.3) is 0 Å². The van der Waals surface area contributed by atoms with E-state index in [2.05, 4.69) is 19.9 Å². The van der Waals surface area contributed by atoms with E-state index in [-0.39, 0.29) is 0 Å². The van der Waals surface area contributed by atoms with Gasteiger partial charge in [0.05, 0.1) is 5.69 Å². The number of allylic oxidation sites excluding steroid dienone is 1. The normalized spacial score (nSPS) is 12.5. The van der Waals surface area contributed by atoms with E-state index in [0.717, 1.165) is 22.3 Å². The molecule has 0 aromatic carbocycles. The van der Waals surface area contributed by atoms with Gasteiger partial charge in [-0.05, 0) is 6.07 Å². The molecule has 5 nitrogen and oxygen atoms in total. The van der Waals surface area contributed by atoms with Crippen LogP contribution in [0, 0.1) is 0 Å². The van der Waals surface area contributed by atoms with E-state index in [1.165, 1.54) is 0 Å². The topological polar surface area (TPSA) is 57.2 Å². The maximum Gasteiger partial charge on any atom is 0.141 e. The van der Waals surface area contributed by atoms with Crippen molar-refractivity contribution in [1.29, 1.82) is 0 Å². The van der Waals surface area contributed by atoms with Gasteiger partial charge in [0.1, 0.15) is 12.0 Å². The molecule has 88 valence electrons. The number of aromatic nitrogens is 3. The molecular weight excluding hydrogens is 214 g/mol. The van der Waals surface area contributed by atoms with Gasteiger partial charge in [-0.1, -0.05) is 0 Å². The van der Waals surface area contributed by atoms with Crippen LogP contribution >= 0.6 is 0 Å². The molecule has 0 spiro atoms. The molecule has 0 saturated carbocycles. The molecule has 2 heterocycles. The maximum absolute atomic E-state index is 4.33. The number of aliphatic imine (C=N–C) groups is 1. The van der Waals surface area contributed by atoms with Crippen molar-refractivity contribution in [1.82, 2.24) is 19.9 Å². The average Bonchev–Trinajstić information content (AvgIpc) is 2.75. The van der Waals surface area contributed by atoms with E-state index in [0.29, 0.717) is 0 Å². The van der Waals surface area contributed by atoms with E-state index in [1.54, 1.807) is 19.6 Å². The number of aromatic amines is 1. The van der Waals surface area contributed by atoms with Crippen LogP contribution in [-0.4, -0.2) is 47.2 Å². The fraction of sp³-hybridized carbons (Fsp3) is 0.250. The number of H-pyrrole nitrogens is 1. The van der Waals surface area contributed by atoms with Gasteiger partial charge in [-0.3, -0.25) is 4.99 Å². The Morgan fingerprint density at radius 2 is 2.24 bits per heavy atom. The van der Waals surface area contributed by atoms with Crippen LogP contribution in [0.5, 0.6) is 0 Å². The number of fused-ring (bicyclic) bond motifs is 1. The summed E-state index contributed by atoms with van der Waals surface area (Å²) in [6.45, 7) is 0. The van der Waals surface area contributed by atoms with Crippen LogP contribution in [0.15, 0.2) is 29.8 Å². The summed E-state index contributed by atoms with van der Waals surface area (Å²) >= 11 is 0. The van der Waals surface area contributed by atoms with Crippen LogP contribution in [0.4, 0.5) is 0 Å². The third-order valence-corrected chi connectivity index (χ3v) is 2.29. The number of hydrogen-bond donors (Lipinski definition) is 1. The first-order valence-corrected chi connectivity index (χ1v) is 5.31. The molecule has 0 atom stereocenters. The standard InChI is InChI=1S/C12H15N5/c1-13-6-9(7-17(2)3)11-10-4-5-14-12(10)16-8-15-11/h4-8H,1-3H3,(H,14,15,16). The second-order valence-electron chi connectivity index (χ2n) is 3.90. The summed E-state index contributed by atoms with van der Waals surface area (Å²) in [5.74, 6) is 0. The minimum atomic E-state index is 0.837. The highest BCUT2D eigenvalue weighted by Gasteiger charge is 2.08. The summed E-state index contributed by atoms with van der Waals surface area (Å²) in [6, 6.07) is 1.97. The summed E-state index contributed by atoms with van der Waals surface area (Å²) in [4.78, 5) is 17.6. The van der Waals surface area contributed by atoms with Gasteiger partial charge in [-0.15, -0.1) is 0 Å². The molecule has 2 aromatic heterocycles. The molecule has 2 rings (SSSR count). The molecule has 0 aliphatic carbocycles. The summed E-state index contributed by atoms with van der Waals surface area (Å²) in [7, 11) is 5.69. The largest absolute Gasteiger partial charge is 0.383 e. The highest BCUT2D eigenvalue weighted by molar-refractivity contribution is 6.13. The fourth-order valence-corrected chi connectivity index (χ4v) is 1.68. The Morgan fingerprint density at radius 3 is 2.94 bits per heavy atom. The first-order chi connectivity index (χ1) is 8.22. The smallest absolute Gasteiger partial charge is 0.141 e. The van der Waals surface area contributed by atoms with Gasteiger partial charge in [0, 0.05) is 50.7 Å². The highest BCUT2D eigenvalue weighted by Crippen LogP contribution is 2.19. The summed E-state index contributed by atoms with van der Waals surface area (Å²) < 4.78 is 0. The fourth-order valence-electron chi connectivity index (χ4n) is 1.68. The molecule has 1 N–H and O–H groups in total. The van der Waals surface area contributed by atoms with Crippen LogP contribution in [0.25, 0.3) is 16.6 Å². The van der Waals surface area contributed by atoms with Gasteiger partial charge in [-0.25, -0.2) is 9.97 Å². The molecule has 0 unspecified atom stereocenters. The Kier molecular flexibility index (Phi) is 3.18. The Balaban J connectivity index is 2.60. The Morgan fingerprint density at radius 1 is 1.41 bits per heavy atom. The highest BCUT2D eigenvalue weighted by atomic mass is 15.0. The SMILES string of the molecule is CN=CC(=CN(C)C)c1ncnc2[nH]ccc12. The summed E-state index contributed by atoms with van der Waals surface area (Å²) in [6.07, 6.45) is 7.21. The van der Waals surface area contributed by atoms with Crippen molar-refractivity contribution in [2.75, 3.05) is 21.1 Å². The van der Waals surface area contributed by atoms with Crippen molar-refractivity contribution in [3.05, 3.63) is 30.5 Å². The lowest BCUT2D eigenvalue weighted by Gasteiger charge is -2.08. The minimum absolute atomic E-state index is 0.837. The van der Waals surface area contributed by atoms with Gasteiger partial charge < -0.3 is 9.88 Å². The first kappa shape index (κ1) is 11.3. The van der Waals surface area contributed by atoms with Gasteiger partial charge in [-0.2, -0.15) is 0 Å². The third kappa shape index (κ3) is 2.33. The molecule has 5 heteroatoms. The summed E-state index contributed by atoms with van der Waals surface area (Å²) in [5, 5.41) is 1.00. The monoisotopic (exact) mass is 229 g/mol. The second-order valence-corrected chi connectivity index (χ2v) is 3.90. The molecule has 0 amide bonds.